The van der Waals surface area contributed by atoms with E-state index in [0.717, 1.165) is 43.6 Å². The molecule has 3 aliphatic rings. The maximum absolute atomic E-state index is 13.4. The van der Waals surface area contributed by atoms with Gasteiger partial charge in [0.15, 0.2) is 17.1 Å². The van der Waals surface area contributed by atoms with Gasteiger partial charge in [-0.25, -0.2) is 4.39 Å². The van der Waals surface area contributed by atoms with Crippen molar-refractivity contribution in [2.24, 2.45) is 11.8 Å². The molecule has 7 nitrogen and oxygen atoms in total. The maximum Gasteiger partial charge on any atom is 0.251 e. The molecule has 1 N–H and O–H groups in total. The number of nitrogens with zero attached hydrogens (tertiary/aromatic N) is 2. The van der Waals surface area contributed by atoms with Gasteiger partial charge in [0.2, 0.25) is 6.79 Å². The van der Waals surface area contributed by atoms with Crippen LogP contribution in [0.3, 0.4) is 0 Å². The van der Waals surface area contributed by atoms with E-state index in [9.17, 15) is 9.18 Å². The first-order chi connectivity index (χ1) is 16.6. The van der Waals surface area contributed by atoms with Gasteiger partial charge in [-0.3, -0.25) is 4.79 Å². The zero-order valence-corrected chi connectivity index (χ0v) is 18.8. The number of halogens is 1. The van der Waals surface area contributed by atoms with Crippen molar-refractivity contribution in [1.29, 1.82) is 0 Å². The standard InChI is InChI=1S/C26H26FN3O4/c1-15-20(12-28-26(31)17-2-5-22-24(10-17)33-14-32-22)21(15)13-30-8-6-16(7-9-30)25-19-4-3-18(27)11-23(19)34-29-25/h2-5,10-11,16,20-21H,1,6-9,12-14H2,(H,28,31)/t20-,21-/m0/s1. The van der Waals surface area contributed by atoms with Crippen LogP contribution in [0.1, 0.15) is 34.8 Å². The molecule has 176 valence electrons. The average Bonchev–Trinajstić information content (AvgIpc) is 3.21. The largest absolute Gasteiger partial charge is 0.454 e. The first-order valence-corrected chi connectivity index (χ1v) is 11.7. The second kappa shape index (κ2) is 8.43. The van der Waals surface area contributed by atoms with Crippen molar-refractivity contribution < 1.29 is 23.2 Å². The molecule has 0 spiro atoms. The second-order valence-electron chi connectivity index (χ2n) is 9.35. The van der Waals surface area contributed by atoms with E-state index in [4.69, 9.17) is 14.0 Å². The Morgan fingerprint density at radius 2 is 1.94 bits per heavy atom. The summed E-state index contributed by atoms with van der Waals surface area (Å²) in [7, 11) is 0. The molecule has 3 heterocycles. The first kappa shape index (κ1) is 21.2. The Hall–Kier alpha value is -3.39. The second-order valence-corrected chi connectivity index (χ2v) is 9.35. The van der Waals surface area contributed by atoms with E-state index in [2.05, 4.69) is 22.0 Å². The minimum absolute atomic E-state index is 0.114. The third-order valence-corrected chi connectivity index (χ3v) is 7.34. The number of amides is 1. The molecule has 3 aromatic rings. The summed E-state index contributed by atoms with van der Waals surface area (Å²) in [6, 6.07) is 9.85. The van der Waals surface area contributed by atoms with Crippen LogP contribution in [0.2, 0.25) is 0 Å². The van der Waals surface area contributed by atoms with E-state index in [1.807, 2.05) is 0 Å². The molecule has 8 heteroatoms. The molecular weight excluding hydrogens is 437 g/mol. The number of likely N-dealkylation sites (tertiary alicyclic amines) is 1. The Bertz CT molecular complexity index is 1260. The number of piperidine rings is 1. The third-order valence-electron chi connectivity index (χ3n) is 7.34. The highest BCUT2D eigenvalue weighted by Crippen LogP contribution is 2.45. The quantitative estimate of drug-likeness (QED) is 0.555. The van der Waals surface area contributed by atoms with Gasteiger partial charge in [0.25, 0.3) is 5.91 Å². The minimum Gasteiger partial charge on any atom is -0.454 e. The van der Waals surface area contributed by atoms with Gasteiger partial charge >= 0.3 is 0 Å². The lowest BCUT2D eigenvalue weighted by molar-refractivity contribution is 0.0950. The van der Waals surface area contributed by atoms with Crippen LogP contribution in [0.4, 0.5) is 4.39 Å². The van der Waals surface area contributed by atoms with Crippen molar-refractivity contribution in [2.75, 3.05) is 33.0 Å². The Morgan fingerprint density at radius 1 is 1.12 bits per heavy atom. The average molecular weight is 464 g/mol. The molecule has 6 rings (SSSR count). The van der Waals surface area contributed by atoms with Crippen molar-refractivity contribution >= 4 is 16.9 Å². The van der Waals surface area contributed by atoms with Gasteiger partial charge < -0.3 is 24.2 Å². The number of fused-ring (bicyclic) bond motifs is 2. The summed E-state index contributed by atoms with van der Waals surface area (Å²) < 4.78 is 29.4. The Morgan fingerprint density at radius 3 is 2.79 bits per heavy atom. The molecule has 2 fully saturated rings. The summed E-state index contributed by atoms with van der Waals surface area (Å²) in [4.78, 5) is 15.0. The molecule has 2 aromatic carbocycles. The first-order valence-electron chi connectivity index (χ1n) is 11.7. The zero-order valence-electron chi connectivity index (χ0n) is 18.8. The highest BCUT2D eigenvalue weighted by atomic mass is 19.1. The van der Waals surface area contributed by atoms with E-state index in [1.54, 1.807) is 24.3 Å². The SMILES string of the molecule is C=C1[C@H](CNC(=O)c2ccc3c(c2)OCO3)[C@H]1CN1CCC(c2noc3cc(F)ccc23)CC1. The lowest BCUT2D eigenvalue weighted by Crippen LogP contribution is -2.35. The van der Waals surface area contributed by atoms with Gasteiger partial charge in [0, 0.05) is 47.9 Å². The highest BCUT2D eigenvalue weighted by molar-refractivity contribution is 5.95. The number of carbonyl (C=O) groups is 1. The summed E-state index contributed by atoms with van der Waals surface area (Å²) >= 11 is 0. The monoisotopic (exact) mass is 463 g/mol. The normalized spacial score (nSPS) is 22.3. The van der Waals surface area contributed by atoms with E-state index in [1.165, 1.54) is 17.7 Å². The van der Waals surface area contributed by atoms with Crippen LogP contribution >= 0.6 is 0 Å². The molecule has 2 atom stereocenters. The molecule has 0 bridgehead atoms. The number of carbonyl (C=O) groups excluding carboxylic acids is 1. The van der Waals surface area contributed by atoms with Gasteiger partial charge in [-0.15, -0.1) is 0 Å². The van der Waals surface area contributed by atoms with Crippen molar-refractivity contribution in [2.45, 2.75) is 18.8 Å². The Labute approximate surface area is 196 Å². The topological polar surface area (TPSA) is 76.8 Å². The molecule has 0 unspecified atom stereocenters. The van der Waals surface area contributed by atoms with Crippen molar-refractivity contribution in [3.05, 3.63) is 65.6 Å². The number of hydrogen-bond acceptors (Lipinski definition) is 6. The number of hydrogen-bond donors (Lipinski definition) is 1. The van der Waals surface area contributed by atoms with Crippen LogP contribution in [-0.4, -0.2) is 48.9 Å². The smallest absolute Gasteiger partial charge is 0.251 e. The summed E-state index contributed by atoms with van der Waals surface area (Å²) in [5.74, 6) is 1.89. The maximum atomic E-state index is 13.4. The minimum atomic E-state index is -0.309. The van der Waals surface area contributed by atoms with E-state index in [-0.39, 0.29) is 18.5 Å². The number of rotatable bonds is 6. The molecule has 1 aromatic heterocycles. The predicted octanol–water partition coefficient (Wildman–Crippen LogP) is 4.11. The fourth-order valence-corrected chi connectivity index (χ4v) is 5.20. The van der Waals surface area contributed by atoms with Crippen molar-refractivity contribution in [3.63, 3.8) is 0 Å². The number of nitrogens with one attached hydrogen (secondary N) is 1. The summed E-state index contributed by atoms with van der Waals surface area (Å²) in [6.07, 6.45) is 1.98. The number of aromatic nitrogens is 1. The molecule has 0 radical (unpaired) electrons. The highest BCUT2D eigenvalue weighted by Gasteiger charge is 2.43. The summed E-state index contributed by atoms with van der Waals surface area (Å²) in [6.45, 7) is 7.91. The fourth-order valence-electron chi connectivity index (χ4n) is 5.20. The predicted molar refractivity (Wildman–Crippen MR) is 123 cm³/mol. The molecule has 1 saturated carbocycles. The number of benzene rings is 2. The molecule has 1 saturated heterocycles. The van der Waals surface area contributed by atoms with Crippen LogP contribution < -0.4 is 14.8 Å². The van der Waals surface area contributed by atoms with Crippen molar-refractivity contribution in [1.82, 2.24) is 15.4 Å². The zero-order chi connectivity index (χ0) is 23.2. The van der Waals surface area contributed by atoms with E-state index >= 15 is 0 Å². The van der Waals surface area contributed by atoms with Crippen LogP contribution in [0.25, 0.3) is 11.0 Å². The van der Waals surface area contributed by atoms with Gasteiger partial charge in [-0.2, -0.15) is 0 Å². The molecule has 2 aliphatic heterocycles. The molecule has 34 heavy (non-hydrogen) atoms. The van der Waals surface area contributed by atoms with Crippen LogP contribution in [-0.2, 0) is 0 Å². The summed E-state index contributed by atoms with van der Waals surface area (Å²) in [5.41, 5.74) is 3.22. The van der Waals surface area contributed by atoms with Crippen LogP contribution in [0.5, 0.6) is 11.5 Å². The van der Waals surface area contributed by atoms with Gasteiger partial charge in [-0.1, -0.05) is 17.3 Å². The van der Waals surface area contributed by atoms with E-state index < -0.39 is 0 Å². The number of ether oxygens (including phenoxy) is 2. The molecule has 1 amide bonds. The van der Waals surface area contributed by atoms with E-state index in [0.29, 0.717) is 46.9 Å². The van der Waals surface area contributed by atoms with Crippen LogP contribution in [0.15, 0.2) is 53.1 Å². The lowest BCUT2D eigenvalue weighted by atomic mass is 9.91. The van der Waals surface area contributed by atoms with Crippen LogP contribution in [0, 0.1) is 17.7 Å². The van der Waals surface area contributed by atoms with Gasteiger partial charge in [0.05, 0.1) is 5.69 Å². The summed E-state index contributed by atoms with van der Waals surface area (Å²) in [5, 5.41) is 8.19. The van der Waals surface area contributed by atoms with Crippen molar-refractivity contribution in [3.8, 4) is 11.5 Å². The van der Waals surface area contributed by atoms with Gasteiger partial charge in [0.1, 0.15) is 5.82 Å². The Kier molecular flexibility index (Phi) is 5.25. The van der Waals surface area contributed by atoms with Gasteiger partial charge in [-0.05, 0) is 56.3 Å². The Balaban J connectivity index is 0.989. The molecule has 1 aliphatic carbocycles. The lowest BCUT2D eigenvalue weighted by Gasteiger charge is -2.31. The molecular formula is C26H26FN3O4. The fraction of sp³-hybridized carbons (Fsp3) is 0.385. The third kappa shape index (κ3) is 3.92.